The third-order valence-electron chi connectivity index (χ3n) is 0.771. The number of hydrogen-bond donors (Lipinski definition) is 2. The van der Waals surface area contributed by atoms with E-state index in [-0.39, 0.29) is 6.42 Å². The Morgan fingerprint density at radius 2 is 2.44 bits per heavy atom. The summed E-state index contributed by atoms with van der Waals surface area (Å²) in [6.45, 7) is 0.447. The number of nitrogens with one attached hydrogen (secondary N) is 1. The van der Waals surface area contributed by atoms with Crippen molar-refractivity contribution in [2.75, 3.05) is 6.54 Å². The molecule has 0 amide bonds. The van der Waals surface area contributed by atoms with E-state index in [1.54, 1.807) is 6.19 Å². The molecule has 0 aliphatic rings. The first-order chi connectivity index (χ1) is 4.27. The Kier molecular flexibility index (Phi) is 4.23. The molecule has 0 aromatic rings. The molecule has 0 heterocycles. The maximum absolute atomic E-state index is 9.85. The normalized spacial score (nSPS) is 7.89. The van der Waals surface area contributed by atoms with Gasteiger partial charge in [-0.3, -0.25) is 4.79 Å². The molecule has 0 bridgehead atoms. The molecule has 4 nitrogen and oxygen atoms in total. The standard InChI is InChI=1S/C5H8N2O2/c6-4-7-3-1-2-5(8)9/h7H,1-3H2,(H,8,9). The van der Waals surface area contributed by atoms with E-state index in [1.807, 2.05) is 0 Å². The van der Waals surface area contributed by atoms with E-state index < -0.39 is 5.97 Å². The van der Waals surface area contributed by atoms with E-state index in [0.717, 1.165) is 0 Å². The van der Waals surface area contributed by atoms with Gasteiger partial charge in [0, 0.05) is 13.0 Å². The van der Waals surface area contributed by atoms with E-state index in [1.165, 1.54) is 0 Å². The SMILES string of the molecule is N#CNCCCC(=O)O. The quantitative estimate of drug-likeness (QED) is 0.315. The van der Waals surface area contributed by atoms with E-state index in [0.29, 0.717) is 13.0 Å². The zero-order chi connectivity index (χ0) is 7.11. The summed E-state index contributed by atoms with van der Waals surface area (Å²) in [6.07, 6.45) is 2.32. The number of carboxylic acid groups (broad SMARTS) is 1. The molecule has 0 radical (unpaired) electrons. The number of nitrogens with zero attached hydrogens (tertiary/aromatic N) is 1. The number of carbonyl (C=O) groups is 1. The van der Waals surface area contributed by atoms with Gasteiger partial charge in [0.25, 0.3) is 0 Å². The average Bonchev–Trinajstić information content (AvgIpc) is 1.80. The number of rotatable bonds is 4. The molecule has 0 aliphatic carbocycles. The zero-order valence-electron chi connectivity index (χ0n) is 4.92. The number of aliphatic carboxylic acids is 1. The highest BCUT2D eigenvalue weighted by molar-refractivity contribution is 5.66. The van der Waals surface area contributed by atoms with E-state index in [2.05, 4.69) is 5.32 Å². The smallest absolute Gasteiger partial charge is 0.303 e. The van der Waals surface area contributed by atoms with Crippen LogP contribution >= 0.6 is 0 Å². The van der Waals surface area contributed by atoms with Gasteiger partial charge in [0.15, 0.2) is 6.19 Å². The van der Waals surface area contributed by atoms with Crippen LogP contribution in [0.4, 0.5) is 0 Å². The minimum absolute atomic E-state index is 0.120. The average molecular weight is 128 g/mol. The van der Waals surface area contributed by atoms with Crippen molar-refractivity contribution < 1.29 is 9.90 Å². The molecule has 0 unspecified atom stereocenters. The maximum Gasteiger partial charge on any atom is 0.303 e. The van der Waals surface area contributed by atoms with Crippen molar-refractivity contribution in [2.24, 2.45) is 0 Å². The lowest BCUT2D eigenvalue weighted by Gasteiger charge is -1.91. The van der Waals surface area contributed by atoms with Gasteiger partial charge in [0.05, 0.1) is 0 Å². The summed E-state index contributed by atoms with van der Waals surface area (Å²) >= 11 is 0. The number of hydrogen-bond acceptors (Lipinski definition) is 3. The maximum atomic E-state index is 9.85. The van der Waals surface area contributed by atoms with Gasteiger partial charge < -0.3 is 10.4 Å². The first kappa shape index (κ1) is 7.76. The second-order valence-corrected chi connectivity index (χ2v) is 1.54. The second kappa shape index (κ2) is 4.91. The van der Waals surface area contributed by atoms with Crippen LogP contribution in [0.1, 0.15) is 12.8 Å². The molecule has 50 valence electrons. The van der Waals surface area contributed by atoms with Crippen molar-refractivity contribution in [3.05, 3.63) is 0 Å². The Balaban J connectivity index is 2.94. The Morgan fingerprint density at radius 3 is 2.89 bits per heavy atom. The first-order valence-corrected chi connectivity index (χ1v) is 2.61. The predicted molar refractivity (Wildman–Crippen MR) is 30.5 cm³/mol. The fourth-order valence-electron chi connectivity index (χ4n) is 0.384. The van der Waals surface area contributed by atoms with Crippen molar-refractivity contribution in [3.8, 4) is 6.19 Å². The third kappa shape index (κ3) is 6.76. The van der Waals surface area contributed by atoms with Crippen molar-refractivity contribution >= 4 is 5.97 Å². The molecular weight excluding hydrogens is 120 g/mol. The van der Waals surface area contributed by atoms with Crippen LogP contribution in [0.15, 0.2) is 0 Å². The van der Waals surface area contributed by atoms with Crippen molar-refractivity contribution in [3.63, 3.8) is 0 Å². The van der Waals surface area contributed by atoms with Crippen LogP contribution in [-0.2, 0) is 4.79 Å². The summed E-state index contributed by atoms with van der Waals surface area (Å²) in [5.74, 6) is -0.824. The van der Waals surface area contributed by atoms with Crippen LogP contribution in [0.5, 0.6) is 0 Å². The topological polar surface area (TPSA) is 73.1 Å². The molecule has 0 saturated heterocycles. The van der Waals surface area contributed by atoms with Crippen LogP contribution in [0.2, 0.25) is 0 Å². The fraction of sp³-hybridized carbons (Fsp3) is 0.600. The van der Waals surface area contributed by atoms with Crippen molar-refractivity contribution in [2.45, 2.75) is 12.8 Å². The molecule has 9 heavy (non-hydrogen) atoms. The minimum atomic E-state index is -0.824. The Bertz CT molecular complexity index is 127. The summed E-state index contributed by atoms with van der Waals surface area (Å²) in [5, 5.41) is 18.4. The van der Waals surface area contributed by atoms with Gasteiger partial charge in [0.2, 0.25) is 0 Å². The molecule has 0 aromatic heterocycles. The monoisotopic (exact) mass is 128 g/mol. The van der Waals surface area contributed by atoms with E-state index in [9.17, 15) is 4.79 Å². The minimum Gasteiger partial charge on any atom is -0.481 e. The third-order valence-corrected chi connectivity index (χ3v) is 0.771. The molecule has 0 spiro atoms. The number of carboxylic acids is 1. The van der Waals surface area contributed by atoms with E-state index in [4.69, 9.17) is 10.4 Å². The number of nitriles is 1. The Hall–Kier alpha value is -1.24. The van der Waals surface area contributed by atoms with Crippen LogP contribution in [0.25, 0.3) is 0 Å². The highest BCUT2D eigenvalue weighted by Gasteiger charge is 1.93. The molecule has 2 N–H and O–H groups in total. The summed E-state index contributed by atoms with van der Waals surface area (Å²) < 4.78 is 0. The van der Waals surface area contributed by atoms with Crippen LogP contribution < -0.4 is 5.32 Å². The Labute approximate surface area is 53.1 Å². The zero-order valence-corrected chi connectivity index (χ0v) is 4.92. The van der Waals surface area contributed by atoms with Gasteiger partial charge in [-0.1, -0.05) is 0 Å². The molecule has 0 aliphatic heterocycles. The molecule has 4 heteroatoms. The second-order valence-electron chi connectivity index (χ2n) is 1.54. The lowest BCUT2D eigenvalue weighted by molar-refractivity contribution is -0.137. The largest absolute Gasteiger partial charge is 0.481 e. The molecule has 0 fully saturated rings. The van der Waals surface area contributed by atoms with Gasteiger partial charge in [-0.15, -0.1) is 0 Å². The molecule has 0 aromatic carbocycles. The van der Waals surface area contributed by atoms with Crippen LogP contribution in [0, 0.1) is 11.5 Å². The van der Waals surface area contributed by atoms with Gasteiger partial charge in [-0.05, 0) is 6.42 Å². The molecule has 0 rings (SSSR count). The van der Waals surface area contributed by atoms with Crippen molar-refractivity contribution in [1.29, 1.82) is 5.26 Å². The van der Waals surface area contributed by atoms with Gasteiger partial charge in [-0.2, -0.15) is 5.26 Å². The molecular formula is C5H8N2O2. The van der Waals surface area contributed by atoms with Crippen molar-refractivity contribution in [1.82, 2.24) is 5.32 Å². The highest BCUT2D eigenvalue weighted by Crippen LogP contribution is 1.84. The lowest BCUT2D eigenvalue weighted by atomic mass is 10.3. The summed E-state index contributed by atoms with van der Waals surface area (Å²) in [5.41, 5.74) is 0. The van der Waals surface area contributed by atoms with Crippen LogP contribution in [0.3, 0.4) is 0 Å². The predicted octanol–water partition coefficient (Wildman–Crippen LogP) is -0.0781. The summed E-state index contributed by atoms with van der Waals surface area (Å²) in [7, 11) is 0. The van der Waals surface area contributed by atoms with Gasteiger partial charge >= 0.3 is 5.97 Å². The summed E-state index contributed by atoms with van der Waals surface area (Å²) in [6, 6.07) is 0. The van der Waals surface area contributed by atoms with Crippen LogP contribution in [-0.4, -0.2) is 17.6 Å². The Morgan fingerprint density at radius 1 is 1.78 bits per heavy atom. The molecule has 0 saturated carbocycles. The fourth-order valence-corrected chi connectivity index (χ4v) is 0.384. The van der Waals surface area contributed by atoms with Gasteiger partial charge in [-0.25, -0.2) is 0 Å². The highest BCUT2D eigenvalue weighted by atomic mass is 16.4. The molecule has 0 atom stereocenters. The van der Waals surface area contributed by atoms with Gasteiger partial charge in [0.1, 0.15) is 0 Å². The lowest BCUT2D eigenvalue weighted by Crippen LogP contribution is -2.08. The van der Waals surface area contributed by atoms with E-state index >= 15 is 0 Å². The summed E-state index contributed by atoms with van der Waals surface area (Å²) in [4.78, 5) is 9.85. The first-order valence-electron chi connectivity index (χ1n) is 2.61.